The lowest BCUT2D eigenvalue weighted by atomic mass is 9.97. The van der Waals surface area contributed by atoms with Gasteiger partial charge < -0.3 is 10.0 Å². The molecule has 3 heterocycles. The van der Waals surface area contributed by atoms with Gasteiger partial charge in [-0.1, -0.05) is 0 Å². The number of aryl methyl sites for hydroxylation is 1. The van der Waals surface area contributed by atoms with Gasteiger partial charge in [0.2, 0.25) is 5.95 Å². The summed E-state index contributed by atoms with van der Waals surface area (Å²) in [5.41, 5.74) is 0.309. The Kier molecular flexibility index (Phi) is 4.59. The minimum atomic E-state index is -4.61. The second kappa shape index (κ2) is 6.58. The van der Waals surface area contributed by atoms with Crippen LogP contribution in [0.25, 0.3) is 11.3 Å². The molecule has 0 atom stereocenters. The highest BCUT2D eigenvalue weighted by atomic mass is 19.4. The first-order valence-electron chi connectivity index (χ1n) is 8.10. The van der Waals surface area contributed by atoms with Gasteiger partial charge in [0.05, 0.1) is 17.8 Å². The van der Waals surface area contributed by atoms with Crippen molar-refractivity contribution in [3.05, 3.63) is 23.7 Å². The molecule has 0 amide bonds. The Morgan fingerprint density at radius 1 is 1.27 bits per heavy atom. The number of halogens is 3. The van der Waals surface area contributed by atoms with Crippen LogP contribution in [-0.2, 0) is 18.0 Å². The number of hydrogen-bond acceptors (Lipinski definition) is 5. The van der Waals surface area contributed by atoms with Crippen molar-refractivity contribution in [2.24, 2.45) is 13.0 Å². The molecule has 1 N–H and O–H groups in total. The molecule has 1 fully saturated rings. The van der Waals surface area contributed by atoms with Crippen LogP contribution in [-0.4, -0.2) is 43.9 Å². The minimum absolute atomic E-state index is 0.0399. The van der Waals surface area contributed by atoms with Crippen LogP contribution in [0.15, 0.2) is 12.3 Å². The van der Waals surface area contributed by atoms with E-state index >= 15 is 0 Å². The van der Waals surface area contributed by atoms with E-state index in [9.17, 15) is 18.0 Å². The van der Waals surface area contributed by atoms with Gasteiger partial charge in [-0.05, 0) is 25.8 Å². The molecular weight excluding hydrogens is 351 g/mol. The average Bonchev–Trinajstić information content (AvgIpc) is 2.93. The smallest absolute Gasteiger partial charge is 0.433 e. The molecule has 140 valence electrons. The van der Waals surface area contributed by atoms with Gasteiger partial charge in [0, 0.05) is 31.4 Å². The van der Waals surface area contributed by atoms with Gasteiger partial charge in [-0.25, -0.2) is 9.97 Å². The molecule has 26 heavy (non-hydrogen) atoms. The number of carbonyl (C=O) groups is 1. The summed E-state index contributed by atoms with van der Waals surface area (Å²) in [6, 6.07) is 0.914. The standard InChI is InChI=1S/C16H18F3N5O2/c1-9-11(8-20-23(9)2)12-7-13(16(17,18)19)22-15(21-12)24-5-3-10(4-6-24)14(25)26/h7-8,10H,3-6H2,1-2H3,(H,25,26). The Labute approximate surface area is 147 Å². The molecule has 1 saturated heterocycles. The number of aliphatic carboxylic acids is 1. The third-order valence-electron chi connectivity index (χ3n) is 4.64. The fourth-order valence-electron chi connectivity index (χ4n) is 2.94. The highest BCUT2D eigenvalue weighted by Gasteiger charge is 2.35. The normalized spacial score (nSPS) is 16.1. The van der Waals surface area contributed by atoms with Crippen molar-refractivity contribution >= 4 is 11.9 Å². The molecule has 10 heteroatoms. The third kappa shape index (κ3) is 3.49. The summed E-state index contributed by atoms with van der Waals surface area (Å²) in [6.07, 6.45) is -2.45. The van der Waals surface area contributed by atoms with Crippen LogP contribution in [0.4, 0.5) is 19.1 Å². The van der Waals surface area contributed by atoms with E-state index in [1.54, 1.807) is 23.6 Å². The highest BCUT2D eigenvalue weighted by molar-refractivity contribution is 5.70. The van der Waals surface area contributed by atoms with E-state index in [0.717, 1.165) is 6.07 Å². The predicted molar refractivity (Wildman–Crippen MR) is 86.5 cm³/mol. The fraction of sp³-hybridized carbons (Fsp3) is 0.500. The highest BCUT2D eigenvalue weighted by Crippen LogP contribution is 2.33. The number of alkyl halides is 3. The molecule has 0 radical (unpaired) electrons. The number of aromatic nitrogens is 4. The van der Waals surface area contributed by atoms with Crippen molar-refractivity contribution < 1.29 is 23.1 Å². The largest absolute Gasteiger partial charge is 0.481 e. The van der Waals surface area contributed by atoms with Gasteiger partial charge in [0.15, 0.2) is 5.69 Å². The van der Waals surface area contributed by atoms with Crippen LogP contribution in [0.3, 0.4) is 0 Å². The second-order valence-corrected chi connectivity index (χ2v) is 6.30. The van der Waals surface area contributed by atoms with Crippen LogP contribution >= 0.6 is 0 Å². The van der Waals surface area contributed by atoms with E-state index in [1.165, 1.54) is 6.20 Å². The maximum absolute atomic E-state index is 13.3. The quantitative estimate of drug-likeness (QED) is 0.895. The molecule has 0 saturated carbocycles. The first kappa shape index (κ1) is 18.2. The number of piperidine rings is 1. The van der Waals surface area contributed by atoms with Crippen molar-refractivity contribution in [1.82, 2.24) is 19.7 Å². The zero-order valence-corrected chi connectivity index (χ0v) is 14.3. The molecule has 7 nitrogen and oxygen atoms in total. The van der Waals surface area contributed by atoms with Crippen LogP contribution in [0.5, 0.6) is 0 Å². The van der Waals surface area contributed by atoms with Gasteiger partial charge in [0.25, 0.3) is 0 Å². The topological polar surface area (TPSA) is 84.1 Å². The minimum Gasteiger partial charge on any atom is -0.481 e. The van der Waals surface area contributed by atoms with Crippen molar-refractivity contribution in [1.29, 1.82) is 0 Å². The molecule has 0 aliphatic carbocycles. The Morgan fingerprint density at radius 3 is 2.42 bits per heavy atom. The zero-order valence-electron chi connectivity index (χ0n) is 14.3. The predicted octanol–water partition coefficient (Wildman–Crippen LogP) is 2.51. The van der Waals surface area contributed by atoms with Gasteiger partial charge >= 0.3 is 12.1 Å². The Hall–Kier alpha value is -2.65. The van der Waals surface area contributed by atoms with E-state index in [1.807, 2.05) is 0 Å². The molecule has 1 aliphatic rings. The lowest BCUT2D eigenvalue weighted by molar-refractivity contribution is -0.142. The first-order valence-corrected chi connectivity index (χ1v) is 8.10. The molecule has 0 unspecified atom stereocenters. The van der Waals surface area contributed by atoms with Gasteiger partial charge in [-0.15, -0.1) is 0 Å². The van der Waals surface area contributed by atoms with E-state index in [4.69, 9.17) is 5.11 Å². The summed E-state index contributed by atoms with van der Waals surface area (Å²) < 4.78 is 41.4. The van der Waals surface area contributed by atoms with Crippen LogP contribution in [0.1, 0.15) is 24.2 Å². The maximum Gasteiger partial charge on any atom is 0.433 e. The summed E-state index contributed by atoms with van der Waals surface area (Å²) in [6.45, 7) is 2.34. The van der Waals surface area contributed by atoms with Crippen molar-refractivity contribution in [2.75, 3.05) is 18.0 Å². The second-order valence-electron chi connectivity index (χ2n) is 6.30. The summed E-state index contributed by atoms with van der Waals surface area (Å²) in [7, 11) is 1.70. The molecular formula is C16H18F3N5O2. The number of carboxylic acid groups (broad SMARTS) is 1. The van der Waals surface area contributed by atoms with E-state index in [2.05, 4.69) is 15.1 Å². The van der Waals surface area contributed by atoms with Crippen LogP contribution in [0, 0.1) is 12.8 Å². The third-order valence-corrected chi connectivity index (χ3v) is 4.64. The number of carboxylic acids is 1. The molecule has 2 aromatic rings. The molecule has 0 aromatic carbocycles. The van der Waals surface area contributed by atoms with E-state index < -0.39 is 23.8 Å². The fourth-order valence-corrected chi connectivity index (χ4v) is 2.94. The summed E-state index contributed by atoms with van der Waals surface area (Å²) in [4.78, 5) is 20.6. The maximum atomic E-state index is 13.3. The summed E-state index contributed by atoms with van der Waals surface area (Å²) in [5, 5.41) is 13.1. The van der Waals surface area contributed by atoms with Crippen LogP contribution in [0.2, 0.25) is 0 Å². The van der Waals surface area contributed by atoms with Gasteiger partial charge in [0.1, 0.15) is 0 Å². The molecule has 0 bridgehead atoms. The zero-order chi connectivity index (χ0) is 19.1. The molecule has 2 aromatic heterocycles. The lowest BCUT2D eigenvalue weighted by Gasteiger charge is -2.30. The van der Waals surface area contributed by atoms with Crippen molar-refractivity contribution in [2.45, 2.75) is 25.9 Å². The average molecular weight is 369 g/mol. The number of anilines is 1. The molecule has 0 spiro atoms. The monoisotopic (exact) mass is 369 g/mol. The Balaban J connectivity index is 1.99. The molecule has 1 aliphatic heterocycles. The van der Waals surface area contributed by atoms with Crippen LogP contribution < -0.4 is 4.90 Å². The summed E-state index contributed by atoms with van der Waals surface area (Å²) in [5.74, 6) is -1.42. The van der Waals surface area contributed by atoms with Gasteiger partial charge in [-0.2, -0.15) is 18.3 Å². The Morgan fingerprint density at radius 2 is 1.92 bits per heavy atom. The summed E-state index contributed by atoms with van der Waals surface area (Å²) >= 11 is 0. The lowest BCUT2D eigenvalue weighted by Crippen LogP contribution is -2.37. The van der Waals surface area contributed by atoms with E-state index in [-0.39, 0.29) is 11.6 Å². The van der Waals surface area contributed by atoms with Gasteiger partial charge in [-0.3, -0.25) is 9.48 Å². The Bertz CT molecular complexity index is 826. The SMILES string of the molecule is Cc1c(-c2cc(C(F)(F)F)nc(N3CCC(C(=O)O)CC3)n2)cnn1C. The van der Waals surface area contributed by atoms with Crippen molar-refractivity contribution in [3.63, 3.8) is 0 Å². The number of hydrogen-bond donors (Lipinski definition) is 1. The first-order chi connectivity index (χ1) is 12.2. The van der Waals surface area contributed by atoms with Crippen molar-refractivity contribution in [3.8, 4) is 11.3 Å². The number of rotatable bonds is 3. The number of nitrogens with zero attached hydrogens (tertiary/aromatic N) is 5. The molecule has 3 rings (SSSR count). The van der Waals surface area contributed by atoms with E-state index in [0.29, 0.717) is 37.2 Å².